The minimum atomic E-state index is -0.370. The topological polar surface area (TPSA) is 17.1 Å². The molecule has 0 aromatic heterocycles. The molecular formula is C16H17FO. The Morgan fingerprint density at radius 1 is 0.833 bits per heavy atom. The summed E-state index contributed by atoms with van der Waals surface area (Å²) in [6.07, 6.45) is 0. The van der Waals surface area contributed by atoms with Crippen LogP contribution < -0.4 is 5.43 Å². The molecule has 0 bridgehead atoms. The van der Waals surface area contributed by atoms with Gasteiger partial charge in [-0.3, -0.25) is 4.79 Å². The zero-order valence-electron chi connectivity index (χ0n) is 10.9. The molecule has 0 aliphatic rings. The van der Waals surface area contributed by atoms with Crippen molar-refractivity contribution in [1.82, 2.24) is 0 Å². The third-order valence-corrected chi connectivity index (χ3v) is 2.49. The van der Waals surface area contributed by atoms with Crippen molar-refractivity contribution in [2.45, 2.75) is 20.8 Å². The normalized spacial score (nSPS) is 9.33. The Kier molecular flexibility index (Phi) is 5.25. The number of aryl methyl sites for hydroxylation is 1. The van der Waals surface area contributed by atoms with Crippen LogP contribution in [0.2, 0.25) is 0 Å². The van der Waals surface area contributed by atoms with Crippen LogP contribution in [0.4, 0.5) is 4.39 Å². The van der Waals surface area contributed by atoms with Gasteiger partial charge in [-0.25, -0.2) is 4.39 Å². The molecule has 1 nitrogen and oxygen atoms in total. The van der Waals surface area contributed by atoms with Crippen LogP contribution in [0.15, 0.2) is 53.3 Å². The molecule has 2 aromatic rings. The second kappa shape index (κ2) is 6.70. The molecule has 0 N–H and O–H groups in total. The van der Waals surface area contributed by atoms with E-state index in [-0.39, 0.29) is 11.2 Å². The first-order valence-corrected chi connectivity index (χ1v) is 6.05. The predicted molar refractivity (Wildman–Crippen MR) is 74.2 cm³/mol. The van der Waals surface area contributed by atoms with E-state index < -0.39 is 0 Å². The number of rotatable bonds is 1. The average molecular weight is 244 g/mol. The summed E-state index contributed by atoms with van der Waals surface area (Å²) in [5.41, 5.74) is 1.24. The fourth-order valence-corrected chi connectivity index (χ4v) is 1.61. The summed E-state index contributed by atoms with van der Waals surface area (Å²) in [5.74, 6) is -0.370. The highest BCUT2D eigenvalue weighted by Crippen LogP contribution is 2.18. The fourth-order valence-electron chi connectivity index (χ4n) is 1.61. The fraction of sp³-hybridized carbons (Fsp3) is 0.188. The number of hydrogen-bond acceptors (Lipinski definition) is 1. The number of halogens is 1. The second-order valence-electron chi connectivity index (χ2n) is 3.62. The first-order valence-electron chi connectivity index (χ1n) is 6.05. The first kappa shape index (κ1) is 14.1. The van der Waals surface area contributed by atoms with Gasteiger partial charge >= 0.3 is 0 Å². The number of benzene rings is 1. The molecule has 0 amide bonds. The maximum Gasteiger partial charge on any atom is 0.189 e. The quantitative estimate of drug-likeness (QED) is 0.735. The molecule has 0 atom stereocenters. The molecule has 0 saturated carbocycles. The number of hydrogen-bond donors (Lipinski definition) is 0. The largest absolute Gasteiger partial charge is 0.289 e. The Morgan fingerprint density at radius 3 is 1.94 bits per heavy atom. The first-order chi connectivity index (χ1) is 8.70. The van der Waals surface area contributed by atoms with Crippen LogP contribution in [0.3, 0.4) is 0 Å². The van der Waals surface area contributed by atoms with Gasteiger partial charge in [-0.2, -0.15) is 0 Å². The molecule has 18 heavy (non-hydrogen) atoms. The molecule has 0 heterocycles. The van der Waals surface area contributed by atoms with Gasteiger partial charge in [0.1, 0.15) is 5.82 Å². The van der Waals surface area contributed by atoms with Gasteiger partial charge in [0.2, 0.25) is 0 Å². The Labute approximate surface area is 107 Å². The molecule has 2 rings (SSSR count). The maximum atomic E-state index is 13.6. The Balaban J connectivity index is 0.000000771. The van der Waals surface area contributed by atoms with Crippen molar-refractivity contribution in [1.29, 1.82) is 0 Å². The van der Waals surface area contributed by atoms with Crippen molar-refractivity contribution in [2.75, 3.05) is 0 Å². The summed E-state index contributed by atoms with van der Waals surface area (Å²) in [4.78, 5) is 12.0. The van der Waals surface area contributed by atoms with E-state index in [4.69, 9.17) is 0 Å². The highest BCUT2D eigenvalue weighted by atomic mass is 19.1. The average Bonchev–Trinajstić information content (AvgIpc) is 2.56. The van der Waals surface area contributed by atoms with Gasteiger partial charge in [0.15, 0.2) is 5.43 Å². The van der Waals surface area contributed by atoms with Crippen LogP contribution in [-0.2, 0) is 0 Å². The lowest BCUT2D eigenvalue weighted by Crippen LogP contribution is -2.05. The maximum absolute atomic E-state index is 13.6. The molecule has 2 aromatic carbocycles. The van der Waals surface area contributed by atoms with Crippen LogP contribution in [0.1, 0.15) is 19.4 Å². The zero-order chi connectivity index (χ0) is 13.5. The summed E-state index contributed by atoms with van der Waals surface area (Å²) in [5, 5.41) is 0. The molecule has 94 valence electrons. The summed E-state index contributed by atoms with van der Waals surface area (Å²) in [6.45, 7) is 5.73. The van der Waals surface area contributed by atoms with E-state index in [2.05, 4.69) is 0 Å². The Morgan fingerprint density at radius 2 is 1.33 bits per heavy atom. The SMILES string of the molecule is CC.Cc1ccccc(-c2ccccc2F)c1=O. The van der Waals surface area contributed by atoms with Gasteiger partial charge in [0.05, 0.1) is 0 Å². The summed E-state index contributed by atoms with van der Waals surface area (Å²) < 4.78 is 13.6. The van der Waals surface area contributed by atoms with Crippen LogP contribution in [-0.4, -0.2) is 0 Å². The lowest BCUT2D eigenvalue weighted by atomic mass is 10.1. The van der Waals surface area contributed by atoms with Crippen LogP contribution in [0, 0.1) is 12.7 Å². The van der Waals surface area contributed by atoms with E-state index in [0.29, 0.717) is 16.7 Å². The molecule has 0 aliphatic carbocycles. The van der Waals surface area contributed by atoms with Crippen LogP contribution >= 0.6 is 0 Å². The van der Waals surface area contributed by atoms with Gasteiger partial charge < -0.3 is 0 Å². The highest BCUT2D eigenvalue weighted by Gasteiger charge is 2.07. The van der Waals surface area contributed by atoms with E-state index in [0.717, 1.165) is 0 Å². The minimum Gasteiger partial charge on any atom is -0.289 e. The molecule has 0 saturated heterocycles. The van der Waals surface area contributed by atoms with Crippen molar-refractivity contribution >= 4 is 0 Å². The summed E-state index contributed by atoms with van der Waals surface area (Å²) in [7, 11) is 0. The van der Waals surface area contributed by atoms with Crippen LogP contribution in [0.25, 0.3) is 11.1 Å². The third kappa shape index (κ3) is 3.04. The predicted octanol–water partition coefficient (Wildman–Crippen LogP) is 4.19. The Bertz CT molecular complexity index is 576. The smallest absolute Gasteiger partial charge is 0.189 e. The standard InChI is InChI=1S/C14H11FO.C2H6/c1-10-6-2-3-8-12(14(10)16)11-7-4-5-9-13(11)15;1-2/h2-9H,1H3;1-2H3. The lowest BCUT2D eigenvalue weighted by molar-refractivity contribution is 0.631. The molecule has 0 aliphatic heterocycles. The molecular weight excluding hydrogens is 227 g/mol. The monoisotopic (exact) mass is 244 g/mol. The van der Waals surface area contributed by atoms with Crippen molar-refractivity contribution in [3.63, 3.8) is 0 Å². The molecule has 0 radical (unpaired) electrons. The van der Waals surface area contributed by atoms with Crippen molar-refractivity contribution in [3.05, 3.63) is 70.1 Å². The summed E-state index contributed by atoms with van der Waals surface area (Å²) in [6, 6.07) is 13.2. The van der Waals surface area contributed by atoms with Crippen LogP contribution in [0.5, 0.6) is 0 Å². The molecule has 0 fully saturated rings. The minimum absolute atomic E-state index is 0.130. The van der Waals surface area contributed by atoms with E-state index in [1.165, 1.54) is 6.07 Å². The van der Waals surface area contributed by atoms with Gasteiger partial charge in [-0.05, 0) is 18.6 Å². The zero-order valence-corrected chi connectivity index (χ0v) is 10.9. The molecule has 0 unspecified atom stereocenters. The van der Waals surface area contributed by atoms with E-state index in [1.807, 2.05) is 13.8 Å². The third-order valence-electron chi connectivity index (χ3n) is 2.49. The van der Waals surface area contributed by atoms with Gasteiger partial charge in [0, 0.05) is 11.1 Å². The van der Waals surface area contributed by atoms with Crippen molar-refractivity contribution in [2.24, 2.45) is 0 Å². The van der Waals surface area contributed by atoms with E-state index in [1.54, 1.807) is 49.4 Å². The Hall–Kier alpha value is -1.96. The molecule has 0 spiro atoms. The van der Waals surface area contributed by atoms with Crippen molar-refractivity contribution in [3.8, 4) is 11.1 Å². The highest BCUT2D eigenvalue weighted by molar-refractivity contribution is 5.64. The van der Waals surface area contributed by atoms with Gasteiger partial charge in [0.25, 0.3) is 0 Å². The van der Waals surface area contributed by atoms with Gasteiger partial charge in [-0.1, -0.05) is 56.3 Å². The second-order valence-corrected chi connectivity index (χ2v) is 3.62. The lowest BCUT2D eigenvalue weighted by Gasteiger charge is -1.99. The van der Waals surface area contributed by atoms with Gasteiger partial charge in [-0.15, -0.1) is 0 Å². The molecule has 2 heteroatoms. The van der Waals surface area contributed by atoms with E-state index >= 15 is 0 Å². The summed E-state index contributed by atoms with van der Waals surface area (Å²) >= 11 is 0. The van der Waals surface area contributed by atoms with Crippen molar-refractivity contribution < 1.29 is 4.39 Å². The van der Waals surface area contributed by atoms with E-state index in [9.17, 15) is 9.18 Å².